The van der Waals surface area contributed by atoms with Crippen LogP contribution in [-0.2, 0) is 6.42 Å². The Kier molecular flexibility index (Phi) is 4.44. The Balaban J connectivity index is 2.01. The molecule has 4 heteroatoms. The van der Waals surface area contributed by atoms with Crippen LogP contribution >= 0.6 is 0 Å². The van der Waals surface area contributed by atoms with E-state index in [4.69, 9.17) is 9.15 Å². The molecule has 4 nitrogen and oxygen atoms in total. The molecule has 0 aliphatic rings. The molecule has 0 bridgehead atoms. The zero-order valence-corrected chi connectivity index (χ0v) is 11.6. The van der Waals surface area contributed by atoms with Crippen molar-refractivity contribution in [3.05, 3.63) is 42.5 Å². The van der Waals surface area contributed by atoms with E-state index in [2.05, 4.69) is 17.2 Å². The maximum atomic E-state index is 5.68. The lowest BCUT2D eigenvalue weighted by Gasteiger charge is -2.18. The van der Waals surface area contributed by atoms with Gasteiger partial charge in [-0.15, -0.1) is 0 Å². The second kappa shape index (κ2) is 6.27. The van der Waals surface area contributed by atoms with Gasteiger partial charge < -0.3 is 14.5 Å². The van der Waals surface area contributed by atoms with E-state index in [0.717, 1.165) is 17.9 Å². The maximum Gasteiger partial charge on any atom is 0.237 e. The van der Waals surface area contributed by atoms with Crippen molar-refractivity contribution in [1.82, 2.24) is 4.98 Å². The molecule has 2 heterocycles. The molecule has 1 unspecified atom stereocenters. The van der Waals surface area contributed by atoms with Crippen LogP contribution in [0.1, 0.15) is 26.5 Å². The standard InChI is InChI=1S/C15H20N2O2/c1-11(2)19-15-14(7-4-8-16-15)17-12(3)10-13-6-5-9-18-13/h4-9,11-12,17H,10H2,1-3H3. The maximum absolute atomic E-state index is 5.68. The molecular weight excluding hydrogens is 240 g/mol. The third-order valence-electron chi connectivity index (χ3n) is 2.61. The minimum absolute atomic E-state index is 0.107. The molecule has 102 valence electrons. The molecule has 0 radical (unpaired) electrons. The Morgan fingerprint density at radius 1 is 1.26 bits per heavy atom. The number of rotatable bonds is 6. The lowest BCUT2D eigenvalue weighted by molar-refractivity contribution is 0.234. The van der Waals surface area contributed by atoms with Gasteiger partial charge >= 0.3 is 0 Å². The normalized spacial score (nSPS) is 12.4. The molecule has 0 saturated heterocycles. The summed E-state index contributed by atoms with van der Waals surface area (Å²) in [5, 5.41) is 3.41. The molecule has 0 spiro atoms. The quantitative estimate of drug-likeness (QED) is 0.863. The average Bonchev–Trinajstić information content (AvgIpc) is 2.83. The Morgan fingerprint density at radius 3 is 2.79 bits per heavy atom. The molecule has 2 rings (SSSR count). The van der Waals surface area contributed by atoms with E-state index in [-0.39, 0.29) is 12.1 Å². The van der Waals surface area contributed by atoms with Crippen molar-refractivity contribution in [2.75, 3.05) is 5.32 Å². The number of aromatic nitrogens is 1. The lowest BCUT2D eigenvalue weighted by atomic mass is 10.2. The van der Waals surface area contributed by atoms with Gasteiger partial charge in [-0.2, -0.15) is 0 Å². The van der Waals surface area contributed by atoms with E-state index in [0.29, 0.717) is 5.88 Å². The SMILES string of the molecule is CC(Cc1ccco1)Nc1cccnc1OC(C)C. The number of anilines is 1. The molecule has 0 saturated carbocycles. The molecule has 0 amide bonds. The molecule has 0 fully saturated rings. The van der Waals surface area contributed by atoms with Crippen LogP contribution in [0.15, 0.2) is 41.1 Å². The summed E-state index contributed by atoms with van der Waals surface area (Å²) in [6, 6.07) is 8.00. The van der Waals surface area contributed by atoms with Gasteiger partial charge in [-0.25, -0.2) is 4.98 Å². The van der Waals surface area contributed by atoms with E-state index in [1.165, 1.54) is 0 Å². The van der Waals surface area contributed by atoms with Crippen LogP contribution in [0.3, 0.4) is 0 Å². The summed E-state index contributed by atoms with van der Waals surface area (Å²) in [6.45, 7) is 6.09. The summed E-state index contributed by atoms with van der Waals surface area (Å²) in [6.07, 6.45) is 4.36. The zero-order valence-electron chi connectivity index (χ0n) is 11.6. The fourth-order valence-electron chi connectivity index (χ4n) is 1.86. The number of nitrogens with zero attached hydrogens (tertiary/aromatic N) is 1. The zero-order chi connectivity index (χ0) is 13.7. The van der Waals surface area contributed by atoms with Gasteiger partial charge in [-0.1, -0.05) is 0 Å². The average molecular weight is 260 g/mol. The van der Waals surface area contributed by atoms with Crippen molar-refractivity contribution < 1.29 is 9.15 Å². The molecule has 2 aromatic heterocycles. The first kappa shape index (κ1) is 13.5. The number of ether oxygens (including phenoxy) is 1. The van der Waals surface area contributed by atoms with Crippen LogP contribution in [0.4, 0.5) is 5.69 Å². The second-order valence-corrected chi connectivity index (χ2v) is 4.85. The van der Waals surface area contributed by atoms with Crippen molar-refractivity contribution in [1.29, 1.82) is 0 Å². The van der Waals surface area contributed by atoms with Crippen LogP contribution in [-0.4, -0.2) is 17.1 Å². The lowest BCUT2D eigenvalue weighted by Crippen LogP contribution is -2.19. The van der Waals surface area contributed by atoms with Gasteiger partial charge in [-0.3, -0.25) is 0 Å². The van der Waals surface area contributed by atoms with Crippen molar-refractivity contribution >= 4 is 5.69 Å². The largest absolute Gasteiger partial charge is 0.473 e. The molecular formula is C15H20N2O2. The Labute approximate surface area is 113 Å². The van der Waals surface area contributed by atoms with Crippen molar-refractivity contribution in [2.45, 2.75) is 39.3 Å². The highest BCUT2D eigenvalue weighted by Crippen LogP contribution is 2.23. The molecule has 1 atom stereocenters. The summed E-state index contributed by atoms with van der Waals surface area (Å²) in [4.78, 5) is 4.26. The fourth-order valence-corrected chi connectivity index (χ4v) is 1.86. The van der Waals surface area contributed by atoms with E-state index < -0.39 is 0 Å². The van der Waals surface area contributed by atoms with Gasteiger partial charge in [0.2, 0.25) is 5.88 Å². The highest BCUT2D eigenvalue weighted by Gasteiger charge is 2.11. The van der Waals surface area contributed by atoms with Crippen molar-refractivity contribution in [2.24, 2.45) is 0 Å². The topological polar surface area (TPSA) is 47.3 Å². The second-order valence-electron chi connectivity index (χ2n) is 4.85. The third-order valence-corrected chi connectivity index (χ3v) is 2.61. The summed E-state index contributed by atoms with van der Waals surface area (Å²) in [5.74, 6) is 1.61. The van der Waals surface area contributed by atoms with Gasteiger partial charge in [0.25, 0.3) is 0 Å². The summed E-state index contributed by atoms with van der Waals surface area (Å²) in [5.41, 5.74) is 0.912. The predicted octanol–water partition coefficient (Wildman–Crippen LogP) is 3.50. The summed E-state index contributed by atoms with van der Waals surface area (Å²) >= 11 is 0. The molecule has 0 aromatic carbocycles. The van der Waals surface area contributed by atoms with Crippen molar-refractivity contribution in [3.63, 3.8) is 0 Å². The van der Waals surface area contributed by atoms with Gasteiger partial charge in [0, 0.05) is 18.7 Å². The van der Waals surface area contributed by atoms with E-state index in [1.54, 1.807) is 12.5 Å². The Hall–Kier alpha value is -1.97. The minimum atomic E-state index is 0.107. The Bertz CT molecular complexity index is 495. The van der Waals surface area contributed by atoms with Crippen LogP contribution in [0.5, 0.6) is 5.88 Å². The first-order valence-corrected chi connectivity index (χ1v) is 6.55. The first-order chi connectivity index (χ1) is 9.15. The molecule has 0 aliphatic heterocycles. The minimum Gasteiger partial charge on any atom is -0.473 e. The number of hydrogen-bond donors (Lipinski definition) is 1. The molecule has 0 aliphatic carbocycles. The highest BCUT2D eigenvalue weighted by atomic mass is 16.5. The van der Waals surface area contributed by atoms with Crippen LogP contribution in [0.25, 0.3) is 0 Å². The molecule has 2 aromatic rings. The third kappa shape index (κ3) is 4.02. The van der Waals surface area contributed by atoms with E-state index >= 15 is 0 Å². The summed E-state index contributed by atoms with van der Waals surface area (Å²) < 4.78 is 11.0. The number of furan rings is 1. The van der Waals surface area contributed by atoms with Crippen molar-refractivity contribution in [3.8, 4) is 5.88 Å². The van der Waals surface area contributed by atoms with Crippen LogP contribution in [0.2, 0.25) is 0 Å². The van der Waals surface area contributed by atoms with Gasteiger partial charge in [0.1, 0.15) is 5.76 Å². The Morgan fingerprint density at radius 2 is 2.11 bits per heavy atom. The van der Waals surface area contributed by atoms with Gasteiger partial charge in [0.05, 0.1) is 18.1 Å². The first-order valence-electron chi connectivity index (χ1n) is 6.55. The number of nitrogens with one attached hydrogen (secondary N) is 1. The number of hydrogen-bond acceptors (Lipinski definition) is 4. The predicted molar refractivity (Wildman–Crippen MR) is 75.5 cm³/mol. The van der Waals surface area contributed by atoms with Crippen LogP contribution in [0, 0.1) is 0 Å². The smallest absolute Gasteiger partial charge is 0.237 e. The van der Waals surface area contributed by atoms with Gasteiger partial charge in [-0.05, 0) is 45.0 Å². The molecule has 19 heavy (non-hydrogen) atoms. The molecule has 1 N–H and O–H groups in total. The monoisotopic (exact) mass is 260 g/mol. The number of pyridine rings is 1. The van der Waals surface area contributed by atoms with E-state index in [1.807, 2.05) is 38.1 Å². The van der Waals surface area contributed by atoms with Gasteiger partial charge in [0.15, 0.2) is 0 Å². The summed E-state index contributed by atoms with van der Waals surface area (Å²) in [7, 11) is 0. The highest BCUT2D eigenvalue weighted by molar-refractivity contribution is 5.52. The van der Waals surface area contributed by atoms with Crippen LogP contribution < -0.4 is 10.1 Å². The van der Waals surface area contributed by atoms with E-state index in [9.17, 15) is 0 Å². The fraction of sp³-hybridized carbons (Fsp3) is 0.400.